The fourth-order valence-corrected chi connectivity index (χ4v) is 1.77. The average molecular weight is 189 g/mol. The van der Waals surface area contributed by atoms with Crippen LogP contribution in [-0.2, 0) is 0 Å². The first-order valence-electron chi connectivity index (χ1n) is 4.88. The van der Waals surface area contributed by atoms with E-state index >= 15 is 0 Å². The minimum atomic E-state index is 0.592. The molecular weight excluding hydrogens is 174 g/mol. The van der Waals surface area contributed by atoms with E-state index < -0.39 is 0 Å². The fourth-order valence-electron chi connectivity index (χ4n) is 1.77. The Morgan fingerprint density at radius 2 is 2.36 bits per heavy atom. The highest BCUT2D eigenvalue weighted by Crippen LogP contribution is 2.20. The molecule has 0 bridgehead atoms. The van der Waals surface area contributed by atoms with E-state index in [0.717, 1.165) is 19.5 Å². The normalized spacial score (nSPS) is 16.6. The van der Waals surface area contributed by atoms with Gasteiger partial charge in [0.1, 0.15) is 5.82 Å². The summed E-state index contributed by atoms with van der Waals surface area (Å²) in [5.41, 5.74) is 8.24. The molecule has 14 heavy (non-hydrogen) atoms. The van der Waals surface area contributed by atoms with E-state index in [-0.39, 0.29) is 0 Å². The van der Waals surface area contributed by atoms with E-state index in [1.807, 2.05) is 12.1 Å². The highest BCUT2D eigenvalue weighted by Gasteiger charge is 2.10. The lowest BCUT2D eigenvalue weighted by atomic mass is 10.1. The monoisotopic (exact) mass is 189 g/mol. The Morgan fingerprint density at radius 1 is 1.50 bits per heavy atom. The second-order valence-electron chi connectivity index (χ2n) is 3.70. The zero-order valence-corrected chi connectivity index (χ0v) is 8.40. The van der Waals surface area contributed by atoms with Crippen molar-refractivity contribution < 1.29 is 0 Å². The number of nitrogen functional groups attached to an aromatic ring is 1. The maximum Gasteiger partial charge on any atom is 0.125 e. The molecule has 0 amide bonds. The number of aromatic nitrogens is 1. The van der Waals surface area contributed by atoms with Crippen molar-refractivity contribution in [1.29, 1.82) is 0 Å². The summed E-state index contributed by atoms with van der Waals surface area (Å²) in [7, 11) is 0. The number of hydrogen-bond donors (Lipinski definition) is 1. The van der Waals surface area contributed by atoms with Crippen LogP contribution in [-0.4, -0.2) is 18.1 Å². The standard InChI is InChI=1S/C11H15N3/c1-9-3-2-6-14(8-9)10-4-5-13-11(12)7-10/h3-5,7H,2,6,8H2,1H3,(H2,12,13). The third-order valence-corrected chi connectivity index (χ3v) is 2.46. The van der Waals surface area contributed by atoms with E-state index in [1.165, 1.54) is 11.3 Å². The van der Waals surface area contributed by atoms with Gasteiger partial charge in [0.2, 0.25) is 0 Å². The largest absolute Gasteiger partial charge is 0.384 e. The quantitative estimate of drug-likeness (QED) is 0.685. The fraction of sp³-hybridized carbons (Fsp3) is 0.364. The van der Waals surface area contributed by atoms with Gasteiger partial charge in [-0.25, -0.2) is 4.98 Å². The summed E-state index contributed by atoms with van der Waals surface area (Å²) < 4.78 is 0. The summed E-state index contributed by atoms with van der Waals surface area (Å²) in [4.78, 5) is 6.32. The Balaban J connectivity index is 2.19. The maximum absolute atomic E-state index is 5.65. The van der Waals surface area contributed by atoms with Crippen molar-refractivity contribution in [1.82, 2.24) is 4.98 Å². The van der Waals surface area contributed by atoms with Gasteiger partial charge in [-0.15, -0.1) is 0 Å². The first-order chi connectivity index (χ1) is 6.75. The van der Waals surface area contributed by atoms with Crippen LogP contribution in [0.4, 0.5) is 11.5 Å². The van der Waals surface area contributed by atoms with E-state index in [9.17, 15) is 0 Å². The highest BCUT2D eigenvalue weighted by molar-refractivity contribution is 5.53. The molecule has 74 valence electrons. The molecule has 3 nitrogen and oxygen atoms in total. The van der Waals surface area contributed by atoms with Crippen LogP contribution in [0.15, 0.2) is 30.0 Å². The van der Waals surface area contributed by atoms with Crippen LogP contribution in [0.2, 0.25) is 0 Å². The SMILES string of the molecule is CC1=CCCN(c2ccnc(N)c2)C1. The van der Waals surface area contributed by atoms with E-state index in [1.54, 1.807) is 6.20 Å². The number of nitrogens with zero attached hydrogens (tertiary/aromatic N) is 2. The maximum atomic E-state index is 5.65. The first kappa shape index (κ1) is 9.06. The minimum Gasteiger partial charge on any atom is -0.384 e. The van der Waals surface area contributed by atoms with Gasteiger partial charge >= 0.3 is 0 Å². The van der Waals surface area contributed by atoms with E-state index in [0.29, 0.717) is 5.82 Å². The Labute approximate surface area is 84.2 Å². The smallest absolute Gasteiger partial charge is 0.125 e. The van der Waals surface area contributed by atoms with E-state index in [2.05, 4.69) is 22.9 Å². The predicted molar refractivity (Wildman–Crippen MR) is 59.2 cm³/mol. The Kier molecular flexibility index (Phi) is 2.39. The van der Waals surface area contributed by atoms with Crippen molar-refractivity contribution >= 4 is 11.5 Å². The van der Waals surface area contributed by atoms with Crippen LogP contribution < -0.4 is 10.6 Å². The Bertz CT molecular complexity index is 357. The number of pyridine rings is 1. The summed E-state index contributed by atoms with van der Waals surface area (Å²) in [5.74, 6) is 0.592. The minimum absolute atomic E-state index is 0.592. The van der Waals surface area contributed by atoms with Gasteiger partial charge in [-0.2, -0.15) is 0 Å². The molecule has 2 N–H and O–H groups in total. The van der Waals surface area contributed by atoms with Crippen LogP contribution in [0.3, 0.4) is 0 Å². The molecule has 1 aliphatic rings. The second kappa shape index (κ2) is 3.70. The summed E-state index contributed by atoms with van der Waals surface area (Å²) in [6.45, 7) is 4.24. The molecule has 0 saturated carbocycles. The molecule has 0 aromatic carbocycles. The molecule has 0 fully saturated rings. The van der Waals surface area contributed by atoms with Crippen molar-refractivity contribution in [2.24, 2.45) is 0 Å². The Morgan fingerprint density at radius 3 is 3.07 bits per heavy atom. The van der Waals surface area contributed by atoms with Crippen LogP contribution in [0.1, 0.15) is 13.3 Å². The molecule has 2 rings (SSSR count). The van der Waals surface area contributed by atoms with Crippen molar-refractivity contribution in [2.75, 3.05) is 23.7 Å². The topological polar surface area (TPSA) is 42.2 Å². The molecular formula is C11H15N3. The van der Waals surface area contributed by atoms with Gasteiger partial charge in [0.05, 0.1) is 0 Å². The van der Waals surface area contributed by atoms with Gasteiger partial charge in [-0.1, -0.05) is 11.6 Å². The van der Waals surface area contributed by atoms with Crippen molar-refractivity contribution in [3.8, 4) is 0 Å². The van der Waals surface area contributed by atoms with Gasteiger partial charge in [0, 0.05) is 31.0 Å². The van der Waals surface area contributed by atoms with Crippen molar-refractivity contribution in [3.05, 3.63) is 30.0 Å². The lowest BCUT2D eigenvalue weighted by molar-refractivity contribution is 0.791. The molecule has 0 aliphatic carbocycles. The number of rotatable bonds is 1. The van der Waals surface area contributed by atoms with Gasteiger partial charge in [0.15, 0.2) is 0 Å². The van der Waals surface area contributed by atoms with Crippen LogP contribution >= 0.6 is 0 Å². The molecule has 1 aliphatic heterocycles. The van der Waals surface area contributed by atoms with Gasteiger partial charge in [0.25, 0.3) is 0 Å². The molecule has 0 spiro atoms. The van der Waals surface area contributed by atoms with Crippen LogP contribution in [0.5, 0.6) is 0 Å². The molecule has 0 radical (unpaired) electrons. The van der Waals surface area contributed by atoms with Crippen molar-refractivity contribution in [3.63, 3.8) is 0 Å². The number of hydrogen-bond acceptors (Lipinski definition) is 3. The molecule has 3 heteroatoms. The molecule has 2 heterocycles. The third-order valence-electron chi connectivity index (χ3n) is 2.46. The predicted octanol–water partition coefficient (Wildman–Crippen LogP) is 1.82. The molecule has 0 saturated heterocycles. The van der Waals surface area contributed by atoms with Gasteiger partial charge in [-0.3, -0.25) is 0 Å². The lowest BCUT2D eigenvalue weighted by Crippen LogP contribution is -2.29. The number of anilines is 2. The molecule has 1 aromatic rings. The zero-order chi connectivity index (χ0) is 9.97. The van der Waals surface area contributed by atoms with Gasteiger partial charge in [-0.05, 0) is 19.4 Å². The summed E-state index contributed by atoms with van der Waals surface area (Å²) in [6, 6.07) is 3.94. The average Bonchev–Trinajstić information content (AvgIpc) is 2.18. The van der Waals surface area contributed by atoms with Crippen molar-refractivity contribution in [2.45, 2.75) is 13.3 Å². The lowest BCUT2D eigenvalue weighted by Gasteiger charge is -2.28. The summed E-state index contributed by atoms with van der Waals surface area (Å²) >= 11 is 0. The highest BCUT2D eigenvalue weighted by atomic mass is 15.1. The molecule has 0 unspecified atom stereocenters. The Hall–Kier alpha value is -1.51. The first-order valence-corrected chi connectivity index (χ1v) is 4.88. The number of nitrogens with two attached hydrogens (primary N) is 1. The second-order valence-corrected chi connectivity index (χ2v) is 3.70. The summed E-state index contributed by atoms with van der Waals surface area (Å²) in [5, 5.41) is 0. The molecule has 1 aromatic heterocycles. The zero-order valence-electron chi connectivity index (χ0n) is 8.40. The molecule has 0 atom stereocenters. The van der Waals surface area contributed by atoms with E-state index in [4.69, 9.17) is 5.73 Å². The van der Waals surface area contributed by atoms with Crippen LogP contribution in [0.25, 0.3) is 0 Å². The van der Waals surface area contributed by atoms with Crippen LogP contribution in [0, 0.1) is 0 Å². The third kappa shape index (κ3) is 1.87. The van der Waals surface area contributed by atoms with Gasteiger partial charge < -0.3 is 10.6 Å². The summed E-state index contributed by atoms with van der Waals surface area (Å²) in [6.07, 6.45) is 5.17.